The Morgan fingerprint density at radius 2 is 1.93 bits per heavy atom. The summed E-state index contributed by atoms with van der Waals surface area (Å²) in [6.07, 6.45) is 2.36. The van der Waals surface area contributed by atoms with E-state index in [-0.39, 0.29) is 18.4 Å². The predicted octanol–water partition coefficient (Wildman–Crippen LogP) is 2.72. The van der Waals surface area contributed by atoms with Crippen LogP contribution in [0.3, 0.4) is 0 Å². The lowest BCUT2D eigenvalue weighted by Crippen LogP contribution is -2.39. The number of anilines is 2. The molecule has 0 radical (unpaired) electrons. The van der Waals surface area contributed by atoms with Gasteiger partial charge in [-0.05, 0) is 37.1 Å². The van der Waals surface area contributed by atoms with Crippen molar-refractivity contribution in [2.75, 3.05) is 49.6 Å². The summed E-state index contributed by atoms with van der Waals surface area (Å²) in [5.41, 5.74) is 2.23. The summed E-state index contributed by atoms with van der Waals surface area (Å²) in [6, 6.07) is 11.2. The van der Waals surface area contributed by atoms with Crippen molar-refractivity contribution in [2.24, 2.45) is 0 Å². The molecule has 7 nitrogen and oxygen atoms in total. The van der Waals surface area contributed by atoms with Crippen LogP contribution < -0.4 is 10.2 Å². The lowest BCUT2D eigenvalue weighted by molar-refractivity contribution is -0.116. The number of aryl methyl sites for hydroxylation is 1. The fourth-order valence-electron chi connectivity index (χ4n) is 3.27. The molecule has 2 heterocycles. The zero-order valence-corrected chi connectivity index (χ0v) is 17.1. The number of aromatic nitrogens is 1. The van der Waals surface area contributed by atoms with Crippen LogP contribution in [0.2, 0.25) is 0 Å². The van der Waals surface area contributed by atoms with Crippen LogP contribution in [0.25, 0.3) is 0 Å². The van der Waals surface area contributed by atoms with E-state index in [1.165, 1.54) is 0 Å². The average Bonchev–Trinajstić information content (AvgIpc) is 2.75. The molecule has 2 aromatic rings. The second kappa shape index (κ2) is 10.0. The van der Waals surface area contributed by atoms with Gasteiger partial charge in [0.05, 0.1) is 18.8 Å². The van der Waals surface area contributed by atoms with Crippen LogP contribution in [0, 0.1) is 6.92 Å². The summed E-state index contributed by atoms with van der Waals surface area (Å²) in [4.78, 5) is 33.6. The third kappa shape index (κ3) is 5.54. The average molecular weight is 396 g/mol. The van der Waals surface area contributed by atoms with Crippen LogP contribution in [0.15, 0.2) is 42.6 Å². The maximum Gasteiger partial charge on any atom is 0.255 e. The van der Waals surface area contributed by atoms with Gasteiger partial charge in [0.15, 0.2) is 0 Å². The maximum atomic E-state index is 12.9. The lowest BCUT2D eigenvalue weighted by atomic mass is 10.2. The monoisotopic (exact) mass is 396 g/mol. The van der Waals surface area contributed by atoms with Gasteiger partial charge in [0, 0.05) is 31.5 Å². The number of hydrogen-bond donors (Lipinski definition) is 1. The standard InChI is InChI=1S/C22H28N4O3/c1-3-10-26(16-21(27)24-19-7-5-4-6-17(19)2)22(28)18-8-9-20(23-15-18)25-11-13-29-14-12-25/h4-9,15H,3,10-14,16H2,1-2H3,(H,24,27). The molecule has 1 fully saturated rings. The maximum absolute atomic E-state index is 12.9. The summed E-state index contributed by atoms with van der Waals surface area (Å²) >= 11 is 0. The Morgan fingerprint density at radius 3 is 2.59 bits per heavy atom. The first-order chi connectivity index (χ1) is 14.1. The van der Waals surface area contributed by atoms with E-state index >= 15 is 0 Å². The molecule has 154 valence electrons. The number of morpholine rings is 1. The molecule has 7 heteroatoms. The number of nitrogens with one attached hydrogen (secondary N) is 1. The van der Waals surface area contributed by atoms with Gasteiger partial charge in [0.2, 0.25) is 5.91 Å². The van der Waals surface area contributed by atoms with Gasteiger partial charge in [-0.3, -0.25) is 9.59 Å². The minimum absolute atomic E-state index is 0.00617. The lowest BCUT2D eigenvalue weighted by Gasteiger charge is -2.28. The van der Waals surface area contributed by atoms with E-state index in [0.29, 0.717) is 25.3 Å². The highest BCUT2D eigenvalue weighted by molar-refractivity contribution is 5.99. The van der Waals surface area contributed by atoms with Crippen LogP contribution in [0.1, 0.15) is 29.3 Å². The molecular formula is C22H28N4O3. The minimum atomic E-state index is -0.209. The Morgan fingerprint density at radius 1 is 1.17 bits per heavy atom. The van der Waals surface area contributed by atoms with E-state index in [1.807, 2.05) is 44.2 Å². The molecule has 1 aromatic carbocycles. The zero-order chi connectivity index (χ0) is 20.6. The second-order valence-corrected chi connectivity index (χ2v) is 7.09. The van der Waals surface area contributed by atoms with E-state index in [4.69, 9.17) is 4.74 Å². The molecule has 1 aliphatic rings. The molecule has 0 aliphatic carbocycles. The number of para-hydroxylation sites is 1. The zero-order valence-electron chi connectivity index (χ0n) is 17.1. The van der Waals surface area contributed by atoms with Crippen LogP contribution >= 0.6 is 0 Å². The van der Waals surface area contributed by atoms with Crippen LogP contribution in [-0.4, -0.2) is 61.1 Å². The molecule has 0 atom stereocenters. The van der Waals surface area contributed by atoms with Crippen molar-refractivity contribution in [2.45, 2.75) is 20.3 Å². The third-order valence-corrected chi connectivity index (χ3v) is 4.86. The Bertz CT molecular complexity index is 832. The number of ether oxygens (including phenoxy) is 1. The van der Waals surface area contributed by atoms with E-state index in [0.717, 1.165) is 36.6 Å². The molecule has 0 unspecified atom stereocenters. The fourth-order valence-corrected chi connectivity index (χ4v) is 3.27. The largest absolute Gasteiger partial charge is 0.378 e. The number of pyridine rings is 1. The summed E-state index contributed by atoms with van der Waals surface area (Å²) in [5.74, 6) is 0.441. The van der Waals surface area contributed by atoms with Crippen LogP contribution in [0.5, 0.6) is 0 Å². The molecule has 1 aliphatic heterocycles. The van der Waals surface area contributed by atoms with Crippen LogP contribution in [0.4, 0.5) is 11.5 Å². The highest BCUT2D eigenvalue weighted by atomic mass is 16.5. The van der Waals surface area contributed by atoms with Gasteiger partial charge in [-0.1, -0.05) is 25.1 Å². The Kier molecular flexibility index (Phi) is 7.19. The predicted molar refractivity (Wildman–Crippen MR) is 113 cm³/mol. The molecule has 1 N–H and O–H groups in total. The van der Waals surface area contributed by atoms with Crippen molar-refractivity contribution in [1.29, 1.82) is 0 Å². The van der Waals surface area contributed by atoms with Crippen molar-refractivity contribution in [3.63, 3.8) is 0 Å². The van der Waals surface area contributed by atoms with Crippen molar-refractivity contribution in [1.82, 2.24) is 9.88 Å². The second-order valence-electron chi connectivity index (χ2n) is 7.09. The number of rotatable bonds is 7. The fraction of sp³-hybridized carbons (Fsp3) is 0.409. The molecule has 3 rings (SSSR count). The van der Waals surface area contributed by atoms with E-state index in [2.05, 4.69) is 15.2 Å². The third-order valence-electron chi connectivity index (χ3n) is 4.86. The van der Waals surface area contributed by atoms with Gasteiger partial charge < -0.3 is 19.9 Å². The first-order valence-electron chi connectivity index (χ1n) is 10.0. The topological polar surface area (TPSA) is 74.8 Å². The quantitative estimate of drug-likeness (QED) is 0.779. The minimum Gasteiger partial charge on any atom is -0.378 e. The Labute approximate surface area is 171 Å². The molecular weight excluding hydrogens is 368 g/mol. The van der Waals surface area contributed by atoms with Crippen molar-refractivity contribution >= 4 is 23.3 Å². The van der Waals surface area contributed by atoms with E-state index in [1.54, 1.807) is 17.2 Å². The summed E-state index contributed by atoms with van der Waals surface area (Å²) in [5, 5.41) is 2.89. The number of benzene rings is 1. The molecule has 29 heavy (non-hydrogen) atoms. The first kappa shape index (κ1) is 20.8. The normalized spacial score (nSPS) is 13.8. The van der Waals surface area contributed by atoms with Gasteiger partial charge in [0.25, 0.3) is 5.91 Å². The van der Waals surface area contributed by atoms with E-state index in [9.17, 15) is 9.59 Å². The number of carbonyl (C=O) groups is 2. The number of amides is 2. The molecule has 1 aromatic heterocycles. The molecule has 0 spiro atoms. The smallest absolute Gasteiger partial charge is 0.255 e. The van der Waals surface area contributed by atoms with E-state index < -0.39 is 0 Å². The SMILES string of the molecule is CCCN(CC(=O)Nc1ccccc1C)C(=O)c1ccc(N2CCOCC2)nc1. The first-order valence-corrected chi connectivity index (χ1v) is 10.0. The summed E-state index contributed by atoms with van der Waals surface area (Å²) < 4.78 is 5.36. The Balaban J connectivity index is 1.65. The highest BCUT2D eigenvalue weighted by Gasteiger charge is 2.20. The number of carbonyl (C=O) groups excluding carboxylic acids is 2. The van der Waals surface area contributed by atoms with Gasteiger partial charge in [-0.15, -0.1) is 0 Å². The van der Waals surface area contributed by atoms with Gasteiger partial charge in [0.1, 0.15) is 12.4 Å². The Hall–Kier alpha value is -2.93. The van der Waals surface area contributed by atoms with Gasteiger partial charge in [-0.25, -0.2) is 4.98 Å². The summed E-state index contributed by atoms with van der Waals surface area (Å²) in [6.45, 7) is 7.39. The van der Waals surface area contributed by atoms with Crippen molar-refractivity contribution in [3.8, 4) is 0 Å². The molecule has 0 saturated carbocycles. The summed E-state index contributed by atoms with van der Waals surface area (Å²) in [7, 11) is 0. The molecule has 2 amide bonds. The number of hydrogen-bond acceptors (Lipinski definition) is 5. The highest BCUT2D eigenvalue weighted by Crippen LogP contribution is 2.16. The van der Waals surface area contributed by atoms with Crippen molar-refractivity contribution in [3.05, 3.63) is 53.7 Å². The molecule has 1 saturated heterocycles. The van der Waals surface area contributed by atoms with Gasteiger partial charge in [-0.2, -0.15) is 0 Å². The molecule has 0 bridgehead atoms. The van der Waals surface area contributed by atoms with Crippen molar-refractivity contribution < 1.29 is 14.3 Å². The number of nitrogens with zero attached hydrogens (tertiary/aromatic N) is 3. The van der Waals surface area contributed by atoms with Crippen LogP contribution in [-0.2, 0) is 9.53 Å². The van der Waals surface area contributed by atoms with Gasteiger partial charge >= 0.3 is 0 Å².